The molecule has 2 atom stereocenters. The molecular weight excluding hydrogens is 196 g/mol. The van der Waals surface area contributed by atoms with E-state index in [4.69, 9.17) is 0 Å². The van der Waals surface area contributed by atoms with Crippen molar-refractivity contribution in [2.75, 3.05) is 0 Å². The molecule has 2 unspecified atom stereocenters. The summed E-state index contributed by atoms with van der Waals surface area (Å²) < 4.78 is 0. The van der Waals surface area contributed by atoms with Crippen molar-refractivity contribution in [3.63, 3.8) is 0 Å². The zero-order valence-corrected chi connectivity index (χ0v) is 9.52. The van der Waals surface area contributed by atoms with Crippen molar-refractivity contribution >= 4 is 0 Å². The second kappa shape index (κ2) is 4.26. The summed E-state index contributed by atoms with van der Waals surface area (Å²) in [7, 11) is 0. The van der Waals surface area contributed by atoms with E-state index in [2.05, 4.69) is 13.2 Å². The monoisotopic (exact) mass is 214 g/mol. The lowest BCUT2D eigenvalue weighted by Gasteiger charge is -2.47. The minimum Gasteiger partial charge on any atom is -0.387 e. The van der Waals surface area contributed by atoms with E-state index >= 15 is 0 Å². The third-order valence-electron chi connectivity index (χ3n) is 3.72. The third-order valence-corrected chi connectivity index (χ3v) is 3.72. The molecule has 0 heterocycles. The van der Waals surface area contributed by atoms with Gasteiger partial charge in [0.15, 0.2) is 0 Å². The van der Waals surface area contributed by atoms with Crippen LogP contribution in [0.1, 0.15) is 30.9 Å². The van der Waals surface area contributed by atoms with Gasteiger partial charge in [-0.1, -0.05) is 48.6 Å². The normalized spacial score (nSPS) is 25.9. The Morgan fingerprint density at radius 2 is 2.06 bits per heavy atom. The molecule has 0 spiro atoms. The molecule has 1 fully saturated rings. The Bertz CT molecular complexity index is 393. The lowest BCUT2D eigenvalue weighted by atomic mass is 9.59. The molecule has 1 heteroatoms. The molecule has 0 aliphatic heterocycles. The molecule has 0 amide bonds. The first-order valence-corrected chi connectivity index (χ1v) is 5.73. The van der Waals surface area contributed by atoms with Crippen LogP contribution < -0.4 is 0 Å². The molecule has 1 aliphatic carbocycles. The quantitative estimate of drug-likeness (QED) is 0.759. The van der Waals surface area contributed by atoms with Crippen molar-refractivity contribution in [3.8, 4) is 0 Å². The fourth-order valence-corrected chi connectivity index (χ4v) is 2.52. The van der Waals surface area contributed by atoms with E-state index in [1.165, 1.54) is 0 Å². The zero-order chi connectivity index (χ0) is 11.6. The van der Waals surface area contributed by atoms with Gasteiger partial charge in [-0.2, -0.15) is 0 Å². The van der Waals surface area contributed by atoms with Crippen molar-refractivity contribution in [1.82, 2.24) is 0 Å². The summed E-state index contributed by atoms with van der Waals surface area (Å²) in [5.74, 6) is 0. The second-order valence-corrected chi connectivity index (χ2v) is 4.57. The van der Waals surface area contributed by atoms with Crippen LogP contribution in [-0.2, 0) is 0 Å². The van der Waals surface area contributed by atoms with E-state index in [1.54, 1.807) is 0 Å². The van der Waals surface area contributed by atoms with Gasteiger partial charge in [0.2, 0.25) is 0 Å². The van der Waals surface area contributed by atoms with Crippen LogP contribution in [-0.4, -0.2) is 5.11 Å². The lowest BCUT2D eigenvalue weighted by molar-refractivity contribution is 0.0142. The molecule has 0 radical (unpaired) electrons. The summed E-state index contributed by atoms with van der Waals surface area (Å²) in [5, 5.41) is 10.5. The van der Waals surface area contributed by atoms with Crippen LogP contribution in [0.25, 0.3) is 0 Å². The highest BCUT2D eigenvalue weighted by Crippen LogP contribution is 2.56. The van der Waals surface area contributed by atoms with E-state index in [-0.39, 0.29) is 5.41 Å². The molecule has 1 aliphatic rings. The molecule has 0 aromatic heterocycles. The molecule has 1 N–H and O–H groups in total. The summed E-state index contributed by atoms with van der Waals surface area (Å²) in [6.45, 7) is 7.86. The zero-order valence-electron chi connectivity index (χ0n) is 9.52. The van der Waals surface area contributed by atoms with E-state index < -0.39 is 6.10 Å². The van der Waals surface area contributed by atoms with Gasteiger partial charge >= 0.3 is 0 Å². The smallest absolute Gasteiger partial charge is 0.0886 e. The summed E-state index contributed by atoms with van der Waals surface area (Å²) in [4.78, 5) is 0. The molecule has 84 valence electrons. The molecule has 0 saturated heterocycles. The molecule has 1 nitrogen and oxygen atoms in total. The van der Waals surface area contributed by atoms with E-state index in [9.17, 15) is 5.11 Å². The second-order valence-electron chi connectivity index (χ2n) is 4.57. The van der Waals surface area contributed by atoms with Crippen LogP contribution in [0.5, 0.6) is 0 Å². The average molecular weight is 214 g/mol. The molecule has 1 aromatic rings. The number of allylic oxidation sites excluding steroid dienone is 1. The molecule has 1 aromatic carbocycles. The van der Waals surface area contributed by atoms with Gasteiger partial charge in [-0.3, -0.25) is 0 Å². The van der Waals surface area contributed by atoms with Gasteiger partial charge in [0.25, 0.3) is 0 Å². The largest absolute Gasteiger partial charge is 0.387 e. The van der Waals surface area contributed by atoms with E-state index in [0.29, 0.717) is 0 Å². The standard InChI is InChI=1S/C15H18O/c1-3-10-15(11-9-12(15)2)14(16)13-7-5-4-6-8-13/h3-8,14,16H,1-2,9-11H2. The van der Waals surface area contributed by atoms with Gasteiger partial charge in [0, 0.05) is 5.41 Å². The summed E-state index contributed by atoms with van der Waals surface area (Å²) in [6, 6.07) is 9.83. The highest BCUT2D eigenvalue weighted by molar-refractivity contribution is 5.30. The Hall–Kier alpha value is -1.34. The van der Waals surface area contributed by atoms with Gasteiger partial charge in [-0.25, -0.2) is 0 Å². The maximum atomic E-state index is 10.5. The Balaban J connectivity index is 2.28. The minimum atomic E-state index is -0.451. The van der Waals surface area contributed by atoms with Crippen LogP contribution in [0, 0.1) is 5.41 Å². The Morgan fingerprint density at radius 1 is 1.38 bits per heavy atom. The first kappa shape index (κ1) is 11.2. The van der Waals surface area contributed by atoms with Crippen molar-refractivity contribution < 1.29 is 5.11 Å². The number of benzene rings is 1. The number of hydrogen-bond donors (Lipinski definition) is 1. The van der Waals surface area contributed by atoms with Crippen LogP contribution in [0.3, 0.4) is 0 Å². The predicted octanol–water partition coefficient (Wildman–Crippen LogP) is 3.63. The highest BCUT2D eigenvalue weighted by Gasteiger charge is 2.46. The number of hydrogen-bond acceptors (Lipinski definition) is 1. The first-order valence-electron chi connectivity index (χ1n) is 5.73. The maximum absolute atomic E-state index is 10.5. The lowest BCUT2D eigenvalue weighted by Crippen LogP contribution is -2.37. The van der Waals surface area contributed by atoms with Crippen molar-refractivity contribution in [1.29, 1.82) is 0 Å². The number of rotatable bonds is 4. The summed E-state index contributed by atoms with van der Waals surface area (Å²) in [5.41, 5.74) is 1.97. The van der Waals surface area contributed by atoms with Crippen LogP contribution in [0.15, 0.2) is 55.1 Å². The SMILES string of the molecule is C=CCC1(C(O)c2ccccc2)CCC1=C. The van der Waals surface area contributed by atoms with Crippen molar-refractivity contribution in [2.24, 2.45) is 5.41 Å². The average Bonchev–Trinajstić information content (AvgIpc) is 2.34. The first-order chi connectivity index (χ1) is 7.70. The molecule has 2 rings (SSSR count). The van der Waals surface area contributed by atoms with Gasteiger partial charge in [-0.15, -0.1) is 6.58 Å². The van der Waals surface area contributed by atoms with Crippen LogP contribution in [0.4, 0.5) is 0 Å². The van der Waals surface area contributed by atoms with Gasteiger partial charge in [-0.05, 0) is 24.8 Å². The Morgan fingerprint density at radius 3 is 2.50 bits per heavy atom. The van der Waals surface area contributed by atoms with E-state index in [1.807, 2.05) is 36.4 Å². The third kappa shape index (κ3) is 1.61. The predicted molar refractivity (Wildman–Crippen MR) is 67.0 cm³/mol. The maximum Gasteiger partial charge on any atom is 0.0886 e. The van der Waals surface area contributed by atoms with Gasteiger partial charge in [0.05, 0.1) is 6.10 Å². The van der Waals surface area contributed by atoms with Crippen molar-refractivity contribution in [3.05, 3.63) is 60.7 Å². The minimum absolute atomic E-state index is 0.164. The van der Waals surface area contributed by atoms with Crippen molar-refractivity contribution in [2.45, 2.75) is 25.4 Å². The summed E-state index contributed by atoms with van der Waals surface area (Å²) >= 11 is 0. The molecule has 0 bridgehead atoms. The fourth-order valence-electron chi connectivity index (χ4n) is 2.52. The number of aliphatic hydroxyl groups is 1. The highest BCUT2D eigenvalue weighted by atomic mass is 16.3. The van der Waals surface area contributed by atoms with E-state index in [0.717, 1.165) is 30.4 Å². The Labute approximate surface area is 97.1 Å². The molecule has 16 heavy (non-hydrogen) atoms. The Kier molecular flexibility index (Phi) is 2.97. The molecule has 1 saturated carbocycles. The number of aliphatic hydroxyl groups excluding tert-OH is 1. The fraction of sp³-hybridized carbons (Fsp3) is 0.333. The van der Waals surface area contributed by atoms with Gasteiger partial charge < -0.3 is 5.11 Å². The summed E-state index contributed by atoms with van der Waals surface area (Å²) in [6.07, 6.45) is 4.28. The van der Waals surface area contributed by atoms with Crippen LogP contribution in [0.2, 0.25) is 0 Å². The molecular formula is C15H18O. The van der Waals surface area contributed by atoms with Crippen LogP contribution >= 0.6 is 0 Å². The topological polar surface area (TPSA) is 20.2 Å². The van der Waals surface area contributed by atoms with Gasteiger partial charge in [0.1, 0.15) is 0 Å².